The van der Waals surface area contributed by atoms with Gasteiger partial charge in [0.2, 0.25) is 0 Å². The van der Waals surface area contributed by atoms with Crippen molar-refractivity contribution in [3.8, 4) is 0 Å². The van der Waals surface area contributed by atoms with Crippen molar-refractivity contribution in [1.29, 1.82) is 0 Å². The maximum absolute atomic E-state index is 10.4. The Hall–Kier alpha value is -0.510. The zero-order valence-corrected chi connectivity index (χ0v) is 6.86. The van der Waals surface area contributed by atoms with Gasteiger partial charge in [-0.1, -0.05) is 6.92 Å². The summed E-state index contributed by atoms with van der Waals surface area (Å²) in [5, 5.41) is -0.0381. The van der Waals surface area contributed by atoms with Gasteiger partial charge in [0.15, 0.2) is 5.12 Å². The smallest absolute Gasteiger partial charge is 0.306 e. The molecule has 3 nitrogen and oxygen atoms in total. The third-order valence-corrected chi connectivity index (χ3v) is 1.41. The van der Waals surface area contributed by atoms with Gasteiger partial charge in [-0.25, -0.2) is 0 Å². The second kappa shape index (κ2) is 5.29. The summed E-state index contributed by atoms with van der Waals surface area (Å²) in [6.07, 6.45) is 0.360. The van der Waals surface area contributed by atoms with Crippen LogP contribution in [0.1, 0.15) is 20.3 Å². The normalized spacial score (nSPS) is 9.00. The standard InChI is InChI=1S/C6H10O3S/c1-3-6(8)9-4-10-5(2)7/h3-4H2,1-2H3. The number of thioether (sulfide) groups is 1. The summed E-state index contributed by atoms with van der Waals surface area (Å²) in [6, 6.07) is 0. The van der Waals surface area contributed by atoms with Crippen LogP contribution in [0.5, 0.6) is 0 Å². The van der Waals surface area contributed by atoms with Crippen molar-refractivity contribution < 1.29 is 14.3 Å². The van der Waals surface area contributed by atoms with Crippen LogP contribution in [0, 0.1) is 0 Å². The highest BCUT2D eigenvalue weighted by atomic mass is 32.2. The van der Waals surface area contributed by atoms with Crippen LogP contribution in [0.2, 0.25) is 0 Å². The summed E-state index contributed by atoms with van der Waals surface area (Å²) >= 11 is 0.993. The first-order valence-electron chi connectivity index (χ1n) is 2.95. The lowest BCUT2D eigenvalue weighted by molar-refractivity contribution is -0.140. The number of ether oxygens (including phenoxy) is 1. The summed E-state index contributed by atoms with van der Waals surface area (Å²) in [7, 11) is 0. The zero-order valence-electron chi connectivity index (χ0n) is 6.05. The number of hydrogen-bond donors (Lipinski definition) is 0. The minimum Gasteiger partial charge on any atom is -0.454 e. The first-order chi connectivity index (χ1) is 4.66. The molecule has 0 saturated carbocycles. The first kappa shape index (κ1) is 9.49. The maximum Gasteiger partial charge on any atom is 0.306 e. The van der Waals surface area contributed by atoms with E-state index in [2.05, 4.69) is 4.74 Å². The highest BCUT2D eigenvalue weighted by Gasteiger charge is 1.98. The highest BCUT2D eigenvalue weighted by molar-refractivity contribution is 8.13. The number of rotatable bonds is 3. The van der Waals surface area contributed by atoms with Gasteiger partial charge in [-0.15, -0.1) is 0 Å². The molecule has 0 aliphatic rings. The number of carbonyl (C=O) groups excluding carboxylic acids is 2. The van der Waals surface area contributed by atoms with Gasteiger partial charge in [0.25, 0.3) is 0 Å². The van der Waals surface area contributed by atoms with E-state index in [0.29, 0.717) is 6.42 Å². The van der Waals surface area contributed by atoms with Crippen LogP contribution in [-0.4, -0.2) is 17.0 Å². The third kappa shape index (κ3) is 5.62. The average Bonchev–Trinajstić information content (AvgIpc) is 1.87. The molecular formula is C6H10O3S. The van der Waals surface area contributed by atoms with Crippen LogP contribution in [0.25, 0.3) is 0 Å². The monoisotopic (exact) mass is 162 g/mol. The molecule has 0 fully saturated rings. The summed E-state index contributed by atoms with van der Waals surface area (Å²) < 4.78 is 4.61. The molecule has 4 heteroatoms. The fourth-order valence-corrected chi connectivity index (χ4v) is 0.637. The minimum atomic E-state index is -0.270. The van der Waals surface area contributed by atoms with Gasteiger partial charge in [0.05, 0.1) is 0 Å². The Bertz CT molecular complexity index is 133. The van der Waals surface area contributed by atoms with Gasteiger partial charge >= 0.3 is 5.97 Å². The molecule has 0 aromatic carbocycles. The Kier molecular flexibility index (Phi) is 5.02. The van der Waals surface area contributed by atoms with Gasteiger partial charge in [-0.05, 0) is 11.8 Å². The fraction of sp³-hybridized carbons (Fsp3) is 0.667. The van der Waals surface area contributed by atoms with Crippen molar-refractivity contribution in [2.24, 2.45) is 0 Å². The molecule has 0 aliphatic heterocycles. The van der Waals surface area contributed by atoms with Gasteiger partial charge in [-0.3, -0.25) is 9.59 Å². The molecule has 0 heterocycles. The lowest BCUT2D eigenvalue weighted by Crippen LogP contribution is -2.02. The van der Waals surface area contributed by atoms with Crippen molar-refractivity contribution in [3.05, 3.63) is 0 Å². The molecule has 0 N–H and O–H groups in total. The lowest BCUT2D eigenvalue weighted by Gasteiger charge is -1.98. The van der Waals surface area contributed by atoms with Crippen LogP contribution in [-0.2, 0) is 14.3 Å². The van der Waals surface area contributed by atoms with E-state index in [9.17, 15) is 9.59 Å². The maximum atomic E-state index is 10.4. The van der Waals surface area contributed by atoms with E-state index in [-0.39, 0.29) is 17.0 Å². The van der Waals surface area contributed by atoms with E-state index in [1.165, 1.54) is 6.92 Å². The minimum absolute atomic E-state index is 0.0381. The molecule has 0 unspecified atom stereocenters. The predicted molar refractivity (Wildman–Crippen MR) is 39.5 cm³/mol. The van der Waals surface area contributed by atoms with Crippen LogP contribution in [0.4, 0.5) is 0 Å². The fourth-order valence-electron chi connectivity index (χ4n) is 0.280. The van der Waals surface area contributed by atoms with E-state index < -0.39 is 0 Å². The van der Waals surface area contributed by atoms with E-state index >= 15 is 0 Å². The topological polar surface area (TPSA) is 43.4 Å². The van der Waals surface area contributed by atoms with E-state index in [1.54, 1.807) is 6.92 Å². The van der Waals surface area contributed by atoms with E-state index in [1.807, 2.05) is 0 Å². The van der Waals surface area contributed by atoms with Crippen LogP contribution >= 0.6 is 11.8 Å². The van der Waals surface area contributed by atoms with Crippen LogP contribution in [0.3, 0.4) is 0 Å². The van der Waals surface area contributed by atoms with Gasteiger partial charge in [0, 0.05) is 13.3 Å². The molecule has 0 saturated heterocycles. The summed E-state index contributed by atoms with van der Waals surface area (Å²) in [5.74, 6) is -0.129. The van der Waals surface area contributed by atoms with Crippen molar-refractivity contribution in [2.45, 2.75) is 20.3 Å². The third-order valence-electron chi connectivity index (χ3n) is 0.771. The summed E-state index contributed by atoms with van der Waals surface area (Å²) in [5.41, 5.74) is 0. The van der Waals surface area contributed by atoms with E-state index in [4.69, 9.17) is 0 Å². The highest BCUT2D eigenvalue weighted by Crippen LogP contribution is 2.01. The average molecular weight is 162 g/mol. The Labute approximate surface area is 64.1 Å². The molecule has 0 spiro atoms. The van der Waals surface area contributed by atoms with Crippen molar-refractivity contribution >= 4 is 22.8 Å². The Morgan fingerprint density at radius 1 is 1.50 bits per heavy atom. The molecule has 10 heavy (non-hydrogen) atoms. The molecule has 0 rings (SSSR count). The zero-order chi connectivity index (χ0) is 7.98. The van der Waals surface area contributed by atoms with Gasteiger partial charge < -0.3 is 4.74 Å². The molecule has 0 aromatic heterocycles. The molecule has 0 radical (unpaired) electrons. The second-order valence-corrected chi connectivity index (χ2v) is 2.72. The summed E-state index contributed by atoms with van der Waals surface area (Å²) in [6.45, 7) is 3.14. The number of carbonyl (C=O) groups is 2. The van der Waals surface area contributed by atoms with Gasteiger partial charge in [0.1, 0.15) is 5.94 Å². The molecule has 0 atom stereocenters. The SMILES string of the molecule is CCC(=O)OCSC(C)=O. The Morgan fingerprint density at radius 2 is 2.10 bits per heavy atom. The molecule has 0 amide bonds. The molecule has 0 bridgehead atoms. The predicted octanol–water partition coefficient (Wildman–Crippen LogP) is 1.18. The molecular weight excluding hydrogens is 152 g/mol. The Balaban J connectivity index is 3.20. The first-order valence-corrected chi connectivity index (χ1v) is 3.94. The molecule has 0 aliphatic carbocycles. The van der Waals surface area contributed by atoms with Crippen molar-refractivity contribution in [1.82, 2.24) is 0 Å². The molecule has 58 valence electrons. The quantitative estimate of drug-likeness (QED) is 0.461. The largest absolute Gasteiger partial charge is 0.454 e. The second-order valence-electron chi connectivity index (χ2n) is 1.62. The van der Waals surface area contributed by atoms with Crippen molar-refractivity contribution in [3.63, 3.8) is 0 Å². The number of hydrogen-bond acceptors (Lipinski definition) is 4. The lowest BCUT2D eigenvalue weighted by atomic mass is 10.5. The van der Waals surface area contributed by atoms with Gasteiger partial charge in [-0.2, -0.15) is 0 Å². The van der Waals surface area contributed by atoms with Crippen LogP contribution < -0.4 is 0 Å². The summed E-state index contributed by atoms with van der Waals surface area (Å²) in [4.78, 5) is 20.7. The Morgan fingerprint density at radius 3 is 2.50 bits per heavy atom. The molecule has 0 aromatic rings. The van der Waals surface area contributed by atoms with Crippen LogP contribution in [0.15, 0.2) is 0 Å². The van der Waals surface area contributed by atoms with Crippen molar-refractivity contribution in [2.75, 3.05) is 5.94 Å². The number of esters is 1. The van der Waals surface area contributed by atoms with E-state index in [0.717, 1.165) is 11.8 Å².